The van der Waals surface area contributed by atoms with Gasteiger partial charge in [-0.3, -0.25) is 9.80 Å². The molecule has 64 heavy (non-hydrogen) atoms. The Labute approximate surface area is 369 Å². The van der Waals surface area contributed by atoms with Gasteiger partial charge < -0.3 is 18.9 Å². The molecule has 3 aliphatic carbocycles. The van der Waals surface area contributed by atoms with E-state index in [1.807, 2.05) is 48.5 Å². The van der Waals surface area contributed by atoms with Crippen LogP contribution in [0.2, 0.25) is 0 Å². The van der Waals surface area contributed by atoms with Gasteiger partial charge in [-0.15, -0.1) is 0 Å². The van der Waals surface area contributed by atoms with Gasteiger partial charge in [-0.25, -0.2) is 0 Å². The second-order valence-corrected chi connectivity index (χ2v) is 17.8. The molecular formula is C58H36N2O4. The van der Waals surface area contributed by atoms with Crippen LogP contribution < -0.4 is 28.7 Å². The minimum atomic E-state index is -0.577. The van der Waals surface area contributed by atoms with E-state index in [1.54, 1.807) is 0 Å². The van der Waals surface area contributed by atoms with Crippen molar-refractivity contribution in [1.82, 2.24) is 0 Å². The summed E-state index contributed by atoms with van der Waals surface area (Å²) in [5, 5.41) is 0. The molecule has 302 valence electrons. The Morgan fingerprint density at radius 3 is 1.00 bits per heavy atom. The first-order chi connectivity index (χ1) is 31.5. The predicted octanol–water partition coefficient (Wildman–Crippen LogP) is 15.7. The van der Waals surface area contributed by atoms with Crippen LogP contribution in [-0.4, -0.2) is 0 Å². The van der Waals surface area contributed by atoms with E-state index in [1.165, 1.54) is 33.4 Å². The van der Waals surface area contributed by atoms with Gasteiger partial charge in [-0.2, -0.15) is 0 Å². The van der Waals surface area contributed by atoms with E-state index in [4.69, 9.17) is 18.9 Å². The molecule has 0 spiro atoms. The molecule has 0 radical (unpaired) electrons. The van der Waals surface area contributed by atoms with Gasteiger partial charge in [0.25, 0.3) is 0 Å². The molecule has 0 aromatic heterocycles. The molecular weight excluding hydrogens is 789 g/mol. The highest BCUT2D eigenvalue weighted by Gasteiger charge is 2.56. The summed E-state index contributed by atoms with van der Waals surface area (Å²) in [5.74, 6) is 6.28. The maximum absolute atomic E-state index is 6.82. The van der Waals surface area contributed by atoms with Crippen molar-refractivity contribution >= 4 is 34.1 Å². The SMILES string of the molecule is CC12c3ccccc3C(C)(c3c(-c4cc5c6c(c4)Oc4ccccc4N6c4ccccc4O5)cccc31)c1c(-c3cc4c5c(c3)Oc3ccccc3N5c3ccccc3O4)cccc12. The number of benzene rings is 9. The van der Waals surface area contributed by atoms with Crippen LogP contribution in [0.4, 0.5) is 34.1 Å². The minimum Gasteiger partial charge on any atom is -0.453 e. The van der Waals surface area contributed by atoms with E-state index in [0.29, 0.717) is 0 Å². The lowest BCUT2D eigenvalue weighted by Gasteiger charge is -2.55. The maximum atomic E-state index is 6.82. The smallest absolute Gasteiger partial charge is 0.156 e. The van der Waals surface area contributed by atoms with E-state index in [0.717, 1.165) is 102 Å². The monoisotopic (exact) mass is 824 g/mol. The number of para-hydroxylation sites is 8. The molecule has 4 heterocycles. The number of fused-ring (bicyclic) bond motifs is 8. The average Bonchev–Trinajstić information content (AvgIpc) is 3.34. The van der Waals surface area contributed by atoms with Crippen LogP contribution in [0.3, 0.4) is 0 Å². The van der Waals surface area contributed by atoms with Gasteiger partial charge in [0.1, 0.15) is 11.4 Å². The fourth-order valence-electron chi connectivity index (χ4n) is 12.0. The largest absolute Gasteiger partial charge is 0.453 e. The van der Waals surface area contributed by atoms with Crippen LogP contribution in [0.5, 0.6) is 46.0 Å². The Morgan fingerprint density at radius 2 is 0.625 bits per heavy atom. The van der Waals surface area contributed by atoms with Gasteiger partial charge in [-0.05, 0) is 142 Å². The van der Waals surface area contributed by atoms with Crippen molar-refractivity contribution in [2.75, 3.05) is 9.80 Å². The Hall–Kier alpha value is -8.22. The highest BCUT2D eigenvalue weighted by Crippen LogP contribution is 2.67. The second kappa shape index (κ2) is 11.8. The summed E-state index contributed by atoms with van der Waals surface area (Å²) < 4.78 is 27.3. The summed E-state index contributed by atoms with van der Waals surface area (Å²) in [4.78, 5) is 4.57. The van der Waals surface area contributed by atoms with Crippen LogP contribution >= 0.6 is 0 Å². The zero-order chi connectivity index (χ0) is 42.1. The molecule has 0 fully saturated rings. The van der Waals surface area contributed by atoms with Crippen molar-refractivity contribution < 1.29 is 18.9 Å². The molecule has 0 saturated carbocycles. The number of hydrogen-bond donors (Lipinski definition) is 0. The zero-order valence-electron chi connectivity index (χ0n) is 34.8. The van der Waals surface area contributed by atoms with Gasteiger partial charge in [-0.1, -0.05) is 109 Å². The number of anilines is 6. The van der Waals surface area contributed by atoms with Crippen LogP contribution in [0.1, 0.15) is 47.2 Å². The summed E-state index contributed by atoms with van der Waals surface area (Å²) in [7, 11) is 0. The molecule has 0 N–H and O–H groups in total. The number of ether oxygens (including phenoxy) is 4. The van der Waals surface area contributed by atoms with E-state index in [2.05, 4.69) is 157 Å². The van der Waals surface area contributed by atoms with E-state index in [-0.39, 0.29) is 0 Å². The molecule has 6 heteroatoms. The predicted molar refractivity (Wildman–Crippen MR) is 251 cm³/mol. The van der Waals surface area contributed by atoms with Crippen molar-refractivity contribution in [3.05, 3.63) is 215 Å². The van der Waals surface area contributed by atoms with Crippen LogP contribution in [-0.2, 0) is 10.8 Å². The first-order valence-corrected chi connectivity index (χ1v) is 21.9. The Morgan fingerprint density at radius 1 is 0.312 bits per heavy atom. The van der Waals surface area contributed by atoms with Gasteiger partial charge in [0.05, 0.1) is 22.7 Å². The number of nitrogens with zero attached hydrogens (tertiary/aromatic N) is 2. The highest BCUT2D eigenvalue weighted by atomic mass is 16.5. The first kappa shape index (κ1) is 34.4. The molecule has 0 unspecified atom stereocenters. The third kappa shape index (κ3) is 4.12. The van der Waals surface area contributed by atoms with E-state index in [9.17, 15) is 0 Å². The third-order valence-electron chi connectivity index (χ3n) is 14.7. The minimum absolute atomic E-state index is 0.459. The van der Waals surface area contributed by atoms with Crippen molar-refractivity contribution in [1.29, 1.82) is 0 Å². The molecule has 0 saturated heterocycles. The van der Waals surface area contributed by atoms with Crippen molar-refractivity contribution in [3.8, 4) is 68.2 Å². The Balaban J connectivity index is 0.965. The maximum Gasteiger partial charge on any atom is 0.156 e. The number of hydrogen-bond acceptors (Lipinski definition) is 6. The second-order valence-electron chi connectivity index (χ2n) is 17.8. The van der Waals surface area contributed by atoms with Crippen LogP contribution in [0.15, 0.2) is 182 Å². The fourth-order valence-corrected chi connectivity index (χ4v) is 12.0. The summed E-state index contributed by atoms with van der Waals surface area (Å²) in [5.41, 5.74) is 16.9. The summed E-state index contributed by atoms with van der Waals surface area (Å²) >= 11 is 0. The molecule has 4 aliphatic heterocycles. The molecule has 0 amide bonds. The average molecular weight is 825 g/mol. The van der Waals surface area contributed by atoms with Gasteiger partial charge in [0.2, 0.25) is 0 Å². The Kier molecular flexibility index (Phi) is 6.35. The van der Waals surface area contributed by atoms with Crippen molar-refractivity contribution in [2.24, 2.45) is 0 Å². The lowest BCUT2D eigenvalue weighted by molar-refractivity contribution is 0.446. The topological polar surface area (TPSA) is 43.4 Å². The van der Waals surface area contributed by atoms with E-state index < -0.39 is 10.8 Å². The zero-order valence-corrected chi connectivity index (χ0v) is 34.8. The standard InChI is InChI=1S/C58H36N2O4/c1-57-37-17-3-4-18-38(37)58(2,53-35(15-13-19-39(53)57)33-29-49-55-50(30-33)62-46-26-10-6-22-42(46)59(55)41-21-5-9-25-45(41)61-49)54-36(16-14-20-40(54)57)34-31-51-56-52(32-34)64-48-28-12-8-24-44(48)60(56)43-23-7-11-27-47(43)63-51/h3-32H,1-2H3. The quantitative estimate of drug-likeness (QED) is 0.173. The summed E-state index contributed by atoms with van der Waals surface area (Å²) in [6, 6.07) is 64.6. The molecule has 0 atom stereocenters. The van der Waals surface area contributed by atoms with Crippen LogP contribution in [0, 0.1) is 0 Å². The van der Waals surface area contributed by atoms with E-state index >= 15 is 0 Å². The molecule has 16 rings (SSSR count). The highest BCUT2D eigenvalue weighted by molar-refractivity contribution is 5.98. The molecule has 6 nitrogen and oxygen atoms in total. The number of rotatable bonds is 2. The van der Waals surface area contributed by atoms with Gasteiger partial charge >= 0.3 is 0 Å². The molecule has 9 aromatic carbocycles. The Bertz CT molecular complexity index is 3240. The summed E-state index contributed by atoms with van der Waals surface area (Å²) in [6.07, 6.45) is 0. The van der Waals surface area contributed by atoms with Crippen molar-refractivity contribution in [3.63, 3.8) is 0 Å². The van der Waals surface area contributed by atoms with Crippen molar-refractivity contribution in [2.45, 2.75) is 24.7 Å². The van der Waals surface area contributed by atoms with Gasteiger partial charge in [0.15, 0.2) is 46.0 Å². The van der Waals surface area contributed by atoms with Gasteiger partial charge in [0, 0.05) is 10.8 Å². The summed E-state index contributed by atoms with van der Waals surface area (Å²) in [6.45, 7) is 4.85. The molecule has 7 aliphatic rings. The first-order valence-electron chi connectivity index (χ1n) is 21.9. The fraction of sp³-hybridized carbons (Fsp3) is 0.0690. The third-order valence-corrected chi connectivity index (χ3v) is 14.7. The normalized spacial score (nSPS) is 18.7. The lowest BCUT2D eigenvalue weighted by atomic mass is 9.46. The molecule has 9 aromatic rings. The lowest BCUT2D eigenvalue weighted by Crippen LogP contribution is -2.48. The molecule has 2 bridgehead atoms. The van der Waals surface area contributed by atoms with Crippen LogP contribution in [0.25, 0.3) is 22.3 Å².